The van der Waals surface area contributed by atoms with Gasteiger partial charge in [0, 0.05) is 25.0 Å². The second-order valence-electron chi connectivity index (χ2n) is 9.19. The highest BCUT2D eigenvalue weighted by Crippen LogP contribution is 2.41. The molecular formula is C29H29FO6. The molecule has 0 heterocycles. The zero-order valence-electron chi connectivity index (χ0n) is 20.1. The summed E-state index contributed by atoms with van der Waals surface area (Å²) < 4.78 is 25.8. The standard InChI is InChI=1S/C29H29FO6/c1-35-27-24(30)14-23(15-26(27)36-12-10-20-6-4-5-19(13-20)9-11-31)25(32)18-29(28(33)34)16-21-7-2-3-8-22(21)17-29/h2-8,13-15,31H,9-12,16-18H2,1H3,(H,33,34). The second-order valence-corrected chi connectivity index (χ2v) is 9.19. The van der Waals surface area contributed by atoms with E-state index in [2.05, 4.69) is 0 Å². The summed E-state index contributed by atoms with van der Waals surface area (Å²) in [4.78, 5) is 25.5. The number of carbonyl (C=O) groups is 2. The first kappa shape index (κ1) is 25.4. The SMILES string of the molecule is COc1c(F)cc(C(=O)CC2(C(=O)O)Cc3ccccc3C2)cc1OCCc1cccc(CCO)c1. The molecule has 7 heteroatoms. The molecule has 0 aliphatic heterocycles. The summed E-state index contributed by atoms with van der Waals surface area (Å²) in [5.74, 6) is -2.27. The maximum atomic E-state index is 14.8. The van der Waals surface area contributed by atoms with Crippen molar-refractivity contribution >= 4 is 11.8 Å². The molecule has 36 heavy (non-hydrogen) atoms. The third kappa shape index (κ3) is 5.41. The first-order valence-electron chi connectivity index (χ1n) is 11.9. The van der Waals surface area contributed by atoms with E-state index in [1.807, 2.05) is 48.5 Å². The lowest BCUT2D eigenvalue weighted by atomic mass is 9.79. The Morgan fingerprint density at radius 3 is 2.25 bits per heavy atom. The van der Waals surface area contributed by atoms with Gasteiger partial charge < -0.3 is 19.7 Å². The number of benzene rings is 3. The molecule has 0 saturated carbocycles. The van der Waals surface area contributed by atoms with Crippen molar-refractivity contribution in [2.24, 2.45) is 5.41 Å². The number of halogens is 1. The van der Waals surface area contributed by atoms with Gasteiger partial charge in [0.05, 0.1) is 19.1 Å². The van der Waals surface area contributed by atoms with Crippen molar-refractivity contribution in [3.8, 4) is 11.5 Å². The number of ketones is 1. The average Bonchev–Trinajstić information content (AvgIpc) is 3.24. The molecule has 1 aliphatic rings. The van der Waals surface area contributed by atoms with Gasteiger partial charge in [0.15, 0.2) is 23.1 Å². The van der Waals surface area contributed by atoms with Crippen LogP contribution in [0.5, 0.6) is 11.5 Å². The number of hydrogen-bond acceptors (Lipinski definition) is 5. The molecule has 3 aromatic carbocycles. The molecule has 4 rings (SSSR count). The molecule has 1 aliphatic carbocycles. The Bertz CT molecular complexity index is 1240. The van der Waals surface area contributed by atoms with E-state index in [0.717, 1.165) is 28.3 Å². The number of carbonyl (C=O) groups excluding carboxylic acids is 1. The molecule has 0 spiro atoms. The third-order valence-electron chi connectivity index (χ3n) is 6.70. The van der Waals surface area contributed by atoms with Gasteiger partial charge in [-0.15, -0.1) is 0 Å². The van der Waals surface area contributed by atoms with Crippen molar-refractivity contribution in [3.05, 3.63) is 94.3 Å². The summed E-state index contributed by atoms with van der Waals surface area (Å²) in [6, 6.07) is 17.7. The van der Waals surface area contributed by atoms with Crippen LogP contribution in [0.15, 0.2) is 60.7 Å². The number of ether oxygens (including phenoxy) is 2. The van der Waals surface area contributed by atoms with Crippen molar-refractivity contribution in [1.82, 2.24) is 0 Å². The Morgan fingerprint density at radius 1 is 0.972 bits per heavy atom. The fraction of sp³-hybridized carbons (Fsp3) is 0.310. The molecule has 0 fully saturated rings. The molecule has 2 N–H and O–H groups in total. The number of aliphatic hydroxyl groups is 1. The minimum atomic E-state index is -1.27. The minimum absolute atomic E-state index is 0.0461. The van der Waals surface area contributed by atoms with Crippen molar-refractivity contribution in [2.75, 3.05) is 20.3 Å². The Hall–Kier alpha value is -3.71. The van der Waals surface area contributed by atoms with Crippen LogP contribution in [0.3, 0.4) is 0 Å². The summed E-state index contributed by atoms with van der Waals surface area (Å²) in [6.07, 6.45) is 1.34. The van der Waals surface area contributed by atoms with Crippen LogP contribution >= 0.6 is 0 Å². The normalized spacial score (nSPS) is 13.8. The molecule has 0 atom stereocenters. The van der Waals surface area contributed by atoms with E-state index in [-0.39, 0.29) is 49.5 Å². The van der Waals surface area contributed by atoms with Crippen LogP contribution in [0.2, 0.25) is 0 Å². The van der Waals surface area contributed by atoms with Crippen molar-refractivity contribution < 1.29 is 33.7 Å². The highest BCUT2D eigenvalue weighted by Gasteiger charge is 2.45. The van der Waals surface area contributed by atoms with E-state index in [0.29, 0.717) is 12.8 Å². The van der Waals surface area contributed by atoms with Crippen LogP contribution in [-0.4, -0.2) is 42.3 Å². The molecule has 0 aromatic heterocycles. The highest BCUT2D eigenvalue weighted by atomic mass is 19.1. The smallest absolute Gasteiger partial charge is 0.310 e. The first-order valence-corrected chi connectivity index (χ1v) is 11.9. The monoisotopic (exact) mass is 492 g/mol. The fourth-order valence-corrected chi connectivity index (χ4v) is 4.84. The van der Waals surface area contributed by atoms with Crippen LogP contribution in [0.1, 0.15) is 39.0 Å². The number of fused-ring (bicyclic) bond motifs is 1. The third-order valence-corrected chi connectivity index (χ3v) is 6.70. The number of aliphatic carboxylic acids is 1. The fourth-order valence-electron chi connectivity index (χ4n) is 4.84. The molecule has 3 aromatic rings. The lowest BCUT2D eigenvalue weighted by molar-refractivity contribution is -0.148. The van der Waals surface area contributed by atoms with E-state index in [1.165, 1.54) is 13.2 Å². The molecule has 6 nitrogen and oxygen atoms in total. The lowest BCUT2D eigenvalue weighted by Crippen LogP contribution is -2.34. The van der Waals surface area contributed by atoms with Gasteiger partial charge in [-0.1, -0.05) is 48.5 Å². The topological polar surface area (TPSA) is 93.1 Å². The predicted molar refractivity (Wildman–Crippen MR) is 132 cm³/mol. The van der Waals surface area contributed by atoms with Crippen molar-refractivity contribution in [1.29, 1.82) is 0 Å². The van der Waals surface area contributed by atoms with E-state index >= 15 is 0 Å². The summed E-state index contributed by atoms with van der Waals surface area (Å²) in [6.45, 7) is 0.275. The van der Waals surface area contributed by atoms with Crippen LogP contribution in [0, 0.1) is 11.2 Å². The van der Waals surface area contributed by atoms with E-state index in [4.69, 9.17) is 14.6 Å². The van der Waals surface area contributed by atoms with Gasteiger partial charge in [0.1, 0.15) is 0 Å². The summed E-state index contributed by atoms with van der Waals surface area (Å²) >= 11 is 0. The Labute approximate surface area is 209 Å². The van der Waals surface area contributed by atoms with Gasteiger partial charge in [0.2, 0.25) is 0 Å². The van der Waals surface area contributed by atoms with Crippen LogP contribution in [0.4, 0.5) is 4.39 Å². The number of carboxylic acids is 1. The minimum Gasteiger partial charge on any atom is -0.490 e. The van der Waals surface area contributed by atoms with Crippen LogP contribution < -0.4 is 9.47 Å². The zero-order chi connectivity index (χ0) is 25.7. The maximum absolute atomic E-state index is 14.8. The van der Waals surface area contributed by atoms with Gasteiger partial charge in [-0.2, -0.15) is 0 Å². The Balaban J connectivity index is 1.51. The Morgan fingerprint density at radius 2 is 1.64 bits per heavy atom. The molecule has 0 amide bonds. The van der Waals surface area contributed by atoms with Gasteiger partial charge in [0.25, 0.3) is 0 Å². The van der Waals surface area contributed by atoms with Crippen molar-refractivity contribution in [3.63, 3.8) is 0 Å². The zero-order valence-corrected chi connectivity index (χ0v) is 20.1. The van der Waals surface area contributed by atoms with Gasteiger partial charge in [-0.25, -0.2) is 4.39 Å². The number of Topliss-reactive ketones (excluding diaryl/α,β-unsaturated/α-hetero) is 1. The average molecular weight is 493 g/mol. The van der Waals surface area contributed by atoms with Gasteiger partial charge in [-0.05, 0) is 53.6 Å². The van der Waals surface area contributed by atoms with Crippen LogP contribution in [0.25, 0.3) is 0 Å². The van der Waals surface area contributed by atoms with Gasteiger partial charge >= 0.3 is 5.97 Å². The number of carboxylic acid groups (broad SMARTS) is 1. The number of hydrogen-bond donors (Lipinski definition) is 2. The summed E-state index contributed by atoms with van der Waals surface area (Å²) in [7, 11) is 1.32. The lowest BCUT2D eigenvalue weighted by Gasteiger charge is -2.23. The quantitative estimate of drug-likeness (QED) is 0.385. The molecule has 0 bridgehead atoms. The summed E-state index contributed by atoms with van der Waals surface area (Å²) in [5, 5.41) is 19.2. The molecular weight excluding hydrogens is 463 g/mol. The predicted octanol–water partition coefficient (Wildman–Crippen LogP) is 4.43. The van der Waals surface area contributed by atoms with E-state index < -0.39 is 23.0 Å². The molecule has 188 valence electrons. The van der Waals surface area contributed by atoms with Gasteiger partial charge in [-0.3, -0.25) is 9.59 Å². The second kappa shape index (κ2) is 10.9. The first-order chi connectivity index (χ1) is 17.3. The summed E-state index contributed by atoms with van der Waals surface area (Å²) in [5.41, 5.74) is 2.62. The molecule has 0 unspecified atom stereocenters. The number of aliphatic hydroxyl groups excluding tert-OH is 1. The Kier molecular flexibility index (Phi) is 7.70. The van der Waals surface area contributed by atoms with Crippen molar-refractivity contribution in [2.45, 2.75) is 32.1 Å². The van der Waals surface area contributed by atoms with E-state index in [1.54, 1.807) is 0 Å². The number of methoxy groups -OCH3 is 1. The molecule has 0 radical (unpaired) electrons. The molecule has 0 saturated heterocycles. The maximum Gasteiger partial charge on any atom is 0.310 e. The van der Waals surface area contributed by atoms with E-state index in [9.17, 15) is 19.1 Å². The van der Waals surface area contributed by atoms with Crippen LogP contribution in [-0.2, 0) is 30.5 Å². The number of rotatable bonds is 11. The largest absolute Gasteiger partial charge is 0.490 e. The highest BCUT2D eigenvalue weighted by molar-refractivity contribution is 5.99.